The van der Waals surface area contributed by atoms with Gasteiger partial charge in [-0.15, -0.1) is 0 Å². The van der Waals surface area contributed by atoms with Crippen LogP contribution in [0.3, 0.4) is 0 Å². The molecule has 112 valence electrons. The van der Waals surface area contributed by atoms with E-state index >= 15 is 0 Å². The largest absolute Gasteiger partial charge is 0.385 e. The van der Waals surface area contributed by atoms with Crippen LogP contribution in [0, 0.1) is 11.8 Å². The highest BCUT2D eigenvalue weighted by Gasteiger charge is 2.39. The fraction of sp³-hybridized carbons (Fsp3) is 1.00. The molecule has 0 spiro atoms. The zero-order valence-electron chi connectivity index (χ0n) is 13.2. The Morgan fingerprint density at radius 2 is 2.05 bits per heavy atom. The van der Waals surface area contributed by atoms with E-state index < -0.39 is 0 Å². The molecule has 0 aromatic rings. The van der Waals surface area contributed by atoms with Gasteiger partial charge in [-0.05, 0) is 38.0 Å². The van der Waals surface area contributed by atoms with Gasteiger partial charge in [0.15, 0.2) is 0 Å². The zero-order chi connectivity index (χ0) is 13.8. The number of rotatable bonds is 7. The molecule has 2 fully saturated rings. The first kappa shape index (κ1) is 15.3. The van der Waals surface area contributed by atoms with Crippen LogP contribution < -0.4 is 5.32 Å². The molecule has 4 atom stereocenters. The van der Waals surface area contributed by atoms with Crippen LogP contribution >= 0.6 is 0 Å². The molecule has 0 aromatic heterocycles. The second-order valence-corrected chi connectivity index (χ2v) is 6.63. The Labute approximate surface area is 119 Å². The molecule has 4 unspecified atom stereocenters. The Morgan fingerprint density at radius 1 is 1.32 bits per heavy atom. The van der Waals surface area contributed by atoms with Crippen LogP contribution in [-0.2, 0) is 4.74 Å². The maximum atomic E-state index is 5.27. The molecule has 1 saturated heterocycles. The summed E-state index contributed by atoms with van der Waals surface area (Å²) in [4.78, 5) is 2.77. The van der Waals surface area contributed by atoms with Crippen LogP contribution in [0.15, 0.2) is 0 Å². The molecule has 0 amide bonds. The molecule has 3 heteroatoms. The Kier molecular flexibility index (Phi) is 5.67. The summed E-state index contributed by atoms with van der Waals surface area (Å²) >= 11 is 0. The van der Waals surface area contributed by atoms with Gasteiger partial charge in [-0.2, -0.15) is 0 Å². The average Bonchev–Trinajstić information content (AvgIpc) is 3.27. The predicted octanol–water partition coefficient (Wildman–Crippen LogP) is 2.51. The Hall–Kier alpha value is -0.120. The lowest BCUT2D eigenvalue weighted by Gasteiger charge is -2.46. The number of hydrogen-bond acceptors (Lipinski definition) is 3. The Morgan fingerprint density at radius 3 is 2.63 bits per heavy atom. The van der Waals surface area contributed by atoms with E-state index in [0.717, 1.165) is 30.9 Å². The fourth-order valence-corrected chi connectivity index (χ4v) is 3.39. The average molecular weight is 268 g/mol. The molecule has 0 bridgehead atoms. The highest BCUT2D eigenvalue weighted by Crippen LogP contribution is 2.35. The van der Waals surface area contributed by atoms with E-state index in [9.17, 15) is 0 Å². The second kappa shape index (κ2) is 7.05. The third-order valence-electron chi connectivity index (χ3n) is 5.22. The van der Waals surface area contributed by atoms with Crippen LogP contribution in [0.2, 0.25) is 0 Å². The fourth-order valence-electron chi connectivity index (χ4n) is 3.39. The maximum absolute atomic E-state index is 5.27. The summed E-state index contributed by atoms with van der Waals surface area (Å²) in [6.45, 7) is 10.4. The second-order valence-electron chi connectivity index (χ2n) is 6.63. The number of nitrogens with zero attached hydrogens (tertiary/aromatic N) is 1. The summed E-state index contributed by atoms with van der Waals surface area (Å²) in [6.07, 6.45) is 5.30. The van der Waals surface area contributed by atoms with Gasteiger partial charge < -0.3 is 10.1 Å². The predicted molar refractivity (Wildman–Crippen MR) is 80.4 cm³/mol. The quantitative estimate of drug-likeness (QED) is 0.768. The lowest BCUT2D eigenvalue weighted by atomic mass is 9.92. The van der Waals surface area contributed by atoms with Crippen molar-refractivity contribution in [1.29, 1.82) is 0 Å². The molecular formula is C16H32N2O. The molecule has 1 saturated carbocycles. The van der Waals surface area contributed by atoms with Crippen molar-refractivity contribution in [3.8, 4) is 0 Å². The first-order chi connectivity index (χ1) is 9.17. The summed E-state index contributed by atoms with van der Waals surface area (Å²) in [5, 5.41) is 3.81. The van der Waals surface area contributed by atoms with E-state index in [2.05, 4.69) is 31.0 Å². The van der Waals surface area contributed by atoms with Crippen molar-refractivity contribution in [3.05, 3.63) is 0 Å². The van der Waals surface area contributed by atoms with Gasteiger partial charge in [0.1, 0.15) is 0 Å². The summed E-state index contributed by atoms with van der Waals surface area (Å²) in [7, 11) is 1.81. The van der Waals surface area contributed by atoms with Gasteiger partial charge in [-0.25, -0.2) is 0 Å². The molecule has 19 heavy (non-hydrogen) atoms. The summed E-state index contributed by atoms with van der Waals surface area (Å²) in [5.41, 5.74) is 0. The number of hydrogen-bond donors (Lipinski definition) is 1. The first-order valence-electron chi connectivity index (χ1n) is 8.15. The standard InChI is InChI=1S/C16H32N2O/c1-5-12(2)16-10-17-15(14-6-7-14)11-18(16)13(3)8-9-19-4/h12-17H,5-11H2,1-4H3. The molecule has 3 nitrogen and oxygen atoms in total. The van der Waals surface area contributed by atoms with Crippen molar-refractivity contribution in [1.82, 2.24) is 10.2 Å². The van der Waals surface area contributed by atoms with E-state index in [0.29, 0.717) is 12.1 Å². The molecule has 0 aromatic carbocycles. The molecule has 1 aliphatic carbocycles. The molecule has 1 heterocycles. The minimum absolute atomic E-state index is 0.641. The monoisotopic (exact) mass is 268 g/mol. The number of nitrogens with one attached hydrogen (secondary N) is 1. The van der Waals surface area contributed by atoms with Gasteiger partial charge in [-0.3, -0.25) is 4.90 Å². The topological polar surface area (TPSA) is 24.5 Å². The number of piperazine rings is 1. The maximum Gasteiger partial charge on any atom is 0.0477 e. The van der Waals surface area contributed by atoms with Crippen LogP contribution in [0.25, 0.3) is 0 Å². The number of ether oxygens (including phenoxy) is 1. The van der Waals surface area contributed by atoms with Gasteiger partial charge in [0.2, 0.25) is 0 Å². The third kappa shape index (κ3) is 3.93. The zero-order valence-corrected chi connectivity index (χ0v) is 13.2. The van der Waals surface area contributed by atoms with Crippen molar-refractivity contribution < 1.29 is 4.74 Å². The molecule has 1 aliphatic heterocycles. The van der Waals surface area contributed by atoms with E-state index in [1.54, 1.807) is 0 Å². The van der Waals surface area contributed by atoms with Gasteiger partial charge in [0, 0.05) is 44.9 Å². The van der Waals surface area contributed by atoms with E-state index in [-0.39, 0.29) is 0 Å². The van der Waals surface area contributed by atoms with Crippen molar-refractivity contribution in [2.45, 2.75) is 64.6 Å². The van der Waals surface area contributed by atoms with Crippen molar-refractivity contribution in [3.63, 3.8) is 0 Å². The van der Waals surface area contributed by atoms with Crippen LogP contribution in [0.1, 0.15) is 46.5 Å². The lowest BCUT2D eigenvalue weighted by Crippen LogP contribution is -2.61. The van der Waals surface area contributed by atoms with E-state index in [1.165, 1.54) is 32.4 Å². The van der Waals surface area contributed by atoms with Crippen molar-refractivity contribution in [2.24, 2.45) is 11.8 Å². The van der Waals surface area contributed by atoms with Crippen molar-refractivity contribution >= 4 is 0 Å². The summed E-state index contributed by atoms with van der Waals surface area (Å²) in [6, 6.07) is 2.08. The molecular weight excluding hydrogens is 236 g/mol. The smallest absolute Gasteiger partial charge is 0.0477 e. The van der Waals surface area contributed by atoms with Crippen LogP contribution in [0.5, 0.6) is 0 Å². The first-order valence-corrected chi connectivity index (χ1v) is 8.15. The molecule has 0 radical (unpaired) electrons. The highest BCUT2D eigenvalue weighted by atomic mass is 16.5. The van der Waals surface area contributed by atoms with Gasteiger partial charge in [0.25, 0.3) is 0 Å². The van der Waals surface area contributed by atoms with Crippen LogP contribution in [0.4, 0.5) is 0 Å². The minimum atomic E-state index is 0.641. The lowest BCUT2D eigenvalue weighted by molar-refractivity contribution is 0.0380. The van der Waals surface area contributed by atoms with Gasteiger partial charge in [-0.1, -0.05) is 20.3 Å². The number of methoxy groups -OCH3 is 1. The molecule has 2 rings (SSSR count). The normalized spacial score (nSPS) is 32.2. The van der Waals surface area contributed by atoms with Gasteiger partial charge in [0.05, 0.1) is 0 Å². The minimum Gasteiger partial charge on any atom is -0.385 e. The highest BCUT2D eigenvalue weighted by molar-refractivity contribution is 4.96. The van der Waals surface area contributed by atoms with E-state index in [1.807, 2.05) is 7.11 Å². The van der Waals surface area contributed by atoms with E-state index in [4.69, 9.17) is 4.74 Å². The van der Waals surface area contributed by atoms with Crippen LogP contribution in [-0.4, -0.2) is 49.8 Å². The van der Waals surface area contributed by atoms with Gasteiger partial charge >= 0.3 is 0 Å². The van der Waals surface area contributed by atoms with Crippen molar-refractivity contribution in [2.75, 3.05) is 26.8 Å². The Balaban J connectivity index is 1.96. The summed E-state index contributed by atoms with van der Waals surface area (Å²) in [5.74, 6) is 1.73. The SMILES string of the molecule is CCC(C)C1CNC(C2CC2)CN1C(C)CCOC. The molecule has 2 aliphatic rings. The Bertz CT molecular complexity index is 267. The molecule has 1 N–H and O–H groups in total. The summed E-state index contributed by atoms with van der Waals surface area (Å²) < 4.78 is 5.27. The third-order valence-corrected chi connectivity index (χ3v) is 5.22.